The summed E-state index contributed by atoms with van der Waals surface area (Å²) in [7, 11) is 0. The van der Waals surface area contributed by atoms with Crippen LogP contribution in [0.25, 0.3) is 0 Å². The van der Waals surface area contributed by atoms with Crippen molar-refractivity contribution < 1.29 is 28.8 Å². The molecular formula is C26H20N2O7. The number of nitrogens with zero attached hydrogens (tertiary/aromatic N) is 2. The molecular weight excluding hydrogens is 452 g/mol. The summed E-state index contributed by atoms with van der Waals surface area (Å²) in [6.07, 6.45) is 0. The molecule has 0 atom stereocenters. The molecule has 4 rings (SSSR count). The zero-order valence-corrected chi connectivity index (χ0v) is 19.2. The van der Waals surface area contributed by atoms with Crippen LogP contribution in [0.4, 0.5) is 11.4 Å². The van der Waals surface area contributed by atoms with Crippen LogP contribution in [0.1, 0.15) is 58.1 Å². The first-order valence-electron chi connectivity index (χ1n) is 10.6. The van der Waals surface area contributed by atoms with Gasteiger partial charge in [0, 0.05) is 17.2 Å². The molecule has 1 aliphatic rings. The Morgan fingerprint density at radius 2 is 1.49 bits per heavy atom. The van der Waals surface area contributed by atoms with Gasteiger partial charge in [-0.1, -0.05) is 18.2 Å². The fourth-order valence-electron chi connectivity index (χ4n) is 3.74. The average Bonchev–Trinajstić information content (AvgIpc) is 3.08. The summed E-state index contributed by atoms with van der Waals surface area (Å²) in [5.74, 6) is -2.54. The standard InChI is InChI=1S/C26H20N2O7/c1-14-5-8-19(10-16(14)3)27-24(30)20-9-7-18(11-21(20)25(27)31)26(32)35-13-23(29)17-6-4-15(2)22(12-17)28(33)34/h4-12H,13H2,1-3H3. The summed E-state index contributed by atoms with van der Waals surface area (Å²) in [5, 5.41) is 11.1. The molecule has 9 nitrogen and oxygen atoms in total. The second-order valence-electron chi connectivity index (χ2n) is 8.23. The fraction of sp³-hybridized carbons (Fsp3) is 0.154. The van der Waals surface area contributed by atoms with Gasteiger partial charge in [-0.2, -0.15) is 0 Å². The Bertz CT molecular complexity index is 1440. The van der Waals surface area contributed by atoms with E-state index in [9.17, 15) is 29.3 Å². The van der Waals surface area contributed by atoms with E-state index in [2.05, 4.69) is 0 Å². The highest BCUT2D eigenvalue weighted by Gasteiger charge is 2.37. The molecule has 1 heterocycles. The van der Waals surface area contributed by atoms with Crippen molar-refractivity contribution in [3.05, 3.63) is 104 Å². The number of fused-ring (bicyclic) bond motifs is 1. The fourth-order valence-corrected chi connectivity index (χ4v) is 3.74. The van der Waals surface area contributed by atoms with E-state index < -0.39 is 35.1 Å². The highest BCUT2D eigenvalue weighted by molar-refractivity contribution is 6.34. The number of hydrogen-bond donors (Lipinski definition) is 0. The van der Waals surface area contributed by atoms with E-state index in [-0.39, 0.29) is 27.9 Å². The van der Waals surface area contributed by atoms with Crippen LogP contribution >= 0.6 is 0 Å². The zero-order chi connectivity index (χ0) is 25.4. The minimum absolute atomic E-state index is 0.00507. The molecule has 0 aliphatic carbocycles. The third-order valence-electron chi connectivity index (χ3n) is 5.93. The highest BCUT2D eigenvalue weighted by atomic mass is 16.6. The molecule has 0 bridgehead atoms. The Labute approximate surface area is 200 Å². The summed E-state index contributed by atoms with van der Waals surface area (Å²) >= 11 is 0. The molecule has 0 radical (unpaired) electrons. The Morgan fingerprint density at radius 1 is 0.829 bits per heavy atom. The molecule has 0 N–H and O–H groups in total. The van der Waals surface area contributed by atoms with Crippen LogP contribution in [-0.2, 0) is 4.74 Å². The molecule has 3 aromatic rings. The molecule has 0 saturated heterocycles. The number of nitro groups is 1. The summed E-state index contributed by atoms with van der Waals surface area (Å²) in [6.45, 7) is 4.70. The predicted octanol–water partition coefficient (Wildman–Crippen LogP) is 4.36. The Hall–Kier alpha value is -4.66. The first-order chi connectivity index (χ1) is 16.6. The van der Waals surface area contributed by atoms with Crippen molar-refractivity contribution in [2.24, 2.45) is 0 Å². The van der Waals surface area contributed by atoms with Gasteiger partial charge in [-0.15, -0.1) is 0 Å². The van der Waals surface area contributed by atoms with E-state index in [1.165, 1.54) is 30.3 Å². The third-order valence-corrected chi connectivity index (χ3v) is 5.93. The number of amides is 2. The highest BCUT2D eigenvalue weighted by Crippen LogP contribution is 2.30. The van der Waals surface area contributed by atoms with Crippen LogP contribution in [-0.4, -0.2) is 35.1 Å². The smallest absolute Gasteiger partial charge is 0.338 e. The van der Waals surface area contributed by atoms with Crippen molar-refractivity contribution in [2.75, 3.05) is 11.5 Å². The van der Waals surface area contributed by atoms with Crippen molar-refractivity contribution in [1.29, 1.82) is 0 Å². The SMILES string of the molecule is Cc1ccc(N2C(=O)c3ccc(C(=O)OCC(=O)c4ccc(C)c([N+](=O)[O-])c4)cc3C2=O)cc1C. The van der Waals surface area contributed by atoms with Gasteiger partial charge in [0.1, 0.15) is 0 Å². The number of rotatable bonds is 6. The van der Waals surface area contributed by atoms with Crippen LogP contribution < -0.4 is 4.90 Å². The van der Waals surface area contributed by atoms with Gasteiger partial charge in [-0.25, -0.2) is 9.69 Å². The van der Waals surface area contributed by atoms with Gasteiger partial charge in [-0.3, -0.25) is 24.5 Å². The zero-order valence-electron chi connectivity index (χ0n) is 19.2. The predicted molar refractivity (Wildman–Crippen MR) is 126 cm³/mol. The Kier molecular flexibility index (Phi) is 6.00. The average molecular weight is 472 g/mol. The van der Waals surface area contributed by atoms with Crippen molar-refractivity contribution in [1.82, 2.24) is 0 Å². The summed E-state index contributed by atoms with van der Waals surface area (Å²) < 4.78 is 5.07. The van der Waals surface area contributed by atoms with Gasteiger partial charge in [-0.05, 0) is 62.2 Å². The van der Waals surface area contributed by atoms with E-state index in [1.54, 1.807) is 19.1 Å². The van der Waals surface area contributed by atoms with Gasteiger partial charge < -0.3 is 4.74 Å². The molecule has 1 aliphatic heterocycles. The number of ketones is 1. The molecule has 0 spiro atoms. The minimum atomic E-state index is -0.868. The first kappa shape index (κ1) is 23.5. The molecule has 3 aromatic carbocycles. The number of aryl methyl sites for hydroxylation is 3. The number of anilines is 1. The van der Waals surface area contributed by atoms with Gasteiger partial charge in [0.25, 0.3) is 17.5 Å². The third kappa shape index (κ3) is 4.31. The maximum Gasteiger partial charge on any atom is 0.338 e. The molecule has 0 aromatic heterocycles. The van der Waals surface area contributed by atoms with Crippen LogP contribution in [0.2, 0.25) is 0 Å². The monoisotopic (exact) mass is 472 g/mol. The quantitative estimate of drug-likeness (QED) is 0.172. The molecule has 2 amide bonds. The number of ether oxygens (including phenoxy) is 1. The summed E-state index contributed by atoms with van der Waals surface area (Å²) in [4.78, 5) is 62.3. The Balaban J connectivity index is 1.50. The molecule has 35 heavy (non-hydrogen) atoms. The molecule has 9 heteroatoms. The number of imide groups is 1. The van der Waals surface area contributed by atoms with Crippen LogP contribution in [0.15, 0.2) is 54.6 Å². The second kappa shape index (κ2) is 8.94. The second-order valence-corrected chi connectivity index (χ2v) is 8.23. The molecule has 176 valence electrons. The van der Waals surface area contributed by atoms with Crippen LogP contribution in [0, 0.1) is 30.9 Å². The van der Waals surface area contributed by atoms with Crippen molar-refractivity contribution in [2.45, 2.75) is 20.8 Å². The number of esters is 1. The number of carbonyl (C=O) groups is 4. The first-order valence-corrected chi connectivity index (χ1v) is 10.6. The lowest BCUT2D eigenvalue weighted by atomic mass is 10.1. The number of benzene rings is 3. The lowest BCUT2D eigenvalue weighted by molar-refractivity contribution is -0.385. The van der Waals surface area contributed by atoms with Gasteiger partial charge in [0.2, 0.25) is 5.78 Å². The minimum Gasteiger partial charge on any atom is -0.454 e. The van der Waals surface area contributed by atoms with Gasteiger partial charge in [0.05, 0.1) is 27.3 Å². The number of nitro benzene ring substituents is 1. The molecule has 0 unspecified atom stereocenters. The topological polar surface area (TPSA) is 124 Å². The number of carbonyl (C=O) groups excluding carboxylic acids is 4. The maximum absolute atomic E-state index is 13.0. The van der Waals surface area contributed by atoms with Gasteiger partial charge >= 0.3 is 5.97 Å². The lowest BCUT2D eigenvalue weighted by Gasteiger charge is -2.15. The normalized spacial score (nSPS) is 12.5. The van der Waals surface area contributed by atoms with E-state index in [0.717, 1.165) is 22.1 Å². The Morgan fingerprint density at radius 3 is 2.17 bits per heavy atom. The van der Waals surface area contributed by atoms with Crippen molar-refractivity contribution >= 4 is 34.9 Å². The summed E-state index contributed by atoms with van der Waals surface area (Å²) in [5.41, 5.74) is 2.81. The molecule has 0 saturated carbocycles. The van der Waals surface area contributed by atoms with Gasteiger partial charge in [0.15, 0.2) is 6.61 Å². The summed E-state index contributed by atoms with van der Waals surface area (Å²) in [6, 6.07) is 13.2. The van der Waals surface area contributed by atoms with E-state index >= 15 is 0 Å². The van der Waals surface area contributed by atoms with E-state index in [4.69, 9.17) is 4.74 Å². The van der Waals surface area contributed by atoms with Crippen molar-refractivity contribution in [3.8, 4) is 0 Å². The molecule has 0 fully saturated rings. The van der Waals surface area contributed by atoms with E-state index in [0.29, 0.717) is 11.3 Å². The maximum atomic E-state index is 13.0. The number of Topliss-reactive ketones (excluding diaryl/α,β-unsaturated/α-hetero) is 1. The lowest BCUT2D eigenvalue weighted by Crippen LogP contribution is -2.29. The van der Waals surface area contributed by atoms with Crippen LogP contribution in [0.5, 0.6) is 0 Å². The van der Waals surface area contributed by atoms with E-state index in [1.807, 2.05) is 19.9 Å². The van der Waals surface area contributed by atoms with Crippen molar-refractivity contribution in [3.63, 3.8) is 0 Å². The van der Waals surface area contributed by atoms with Crippen LogP contribution in [0.3, 0.4) is 0 Å². The largest absolute Gasteiger partial charge is 0.454 e. The number of hydrogen-bond acceptors (Lipinski definition) is 7.